The van der Waals surface area contributed by atoms with E-state index in [0.29, 0.717) is 0 Å². The van der Waals surface area contributed by atoms with Gasteiger partial charge < -0.3 is 19.4 Å². The van der Waals surface area contributed by atoms with Crippen LogP contribution in [0, 0.1) is 0 Å². The Morgan fingerprint density at radius 3 is 1.07 bits per heavy atom. The van der Waals surface area contributed by atoms with Crippen molar-refractivity contribution in [3.63, 3.8) is 0 Å². The molecular weight excluding hydrogens is 1360 g/mol. The molecule has 5 heteroatoms. The van der Waals surface area contributed by atoms with Gasteiger partial charge in [-0.15, -0.1) is 0 Å². The normalized spacial score (nSPS) is 13.1. The van der Waals surface area contributed by atoms with Crippen molar-refractivity contribution in [3.8, 4) is 33.6 Å². The van der Waals surface area contributed by atoms with Crippen molar-refractivity contribution >= 4 is 153 Å². The third kappa shape index (κ3) is 10.4. The Morgan fingerprint density at radius 1 is 0.234 bits per heavy atom. The molecule has 4 nitrogen and oxygen atoms in total. The van der Waals surface area contributed by atoms with Gasteiger partial charge in [0.2, 0.25) is 0 Å². The second-order valence-electron chi connectivity index (χ2n) is 29.7. The Morgan fingerprint density at radius 2 is 0.579 bits per heavy atom. The minimum atomic E-state index is -0.0818. The molecule has 508 valence electrons. The molecule has 0 saturated heterocycles. The van der Waals surface area contributed by atoms with E-state index in [1.165, 1.54) is 164 Å². The Hall–Kier alpha value is -12.8. The number of nitrogens with zero attached hydrogens (tertiary/aromatic N) is 3. The van der Waals surface area contributed by atoms with E-state index >= 15 is 0 Å². The topological polar surface area (TPSA) is 25.1 Å². The summed E-state index contributed by atoms with van der Waals surface area (Å²) < 4.78 is 5.97. The molecule has 2 aliphatic carbocycles. The van der Waals surface area contributed by atoms with Crippen molar-refractivity contribution in [2.45, 2.75) is 38.5 Å². The van der Waals surface area contributed by atoms with Crippen LogP contribution < -0.4 is 10.2 Å². The zero-order valence-corrected chi connectivity index (χ0v) is 61.4. The summed E-state index contributed by atoms with van der Waals surface area (Å²) in [5.74, 6) is 0. The van der Waals surface area contributed by atoms with E-state index in [1.54, 1.807) is 0 Å². The van der Waals surface area contributed by atoms with Gasteiger partial charge in [0.05, 0.1) is 22.1 Å². The molecular formula is C102H73BrN4. The highest BCUT2D eigenvalue weighted by atomic mass is 79.9. The summed E-state index contributed by atoms with van der Waals surface area (Å²) >= 11 is 3.67. The summed E-state index contributed by atoms with van der Waals surface area (Å²) in [5.41, 5.74) is 23.8. The summed E-state index contributed by atoms with van der Waals surface area (Å²) in [6.07, 6.45) is 0. The third-order valence-corrected chi connectivity index (χ3v) is 23.5. The molecule has 2 aromatic heterocycles. The lowest BCUT2D eigenvalue weighted by Gasteiger charge is -2.26. The lowest BCUT2D eigenvalue weighted by atomic mass is 9.82. The number of hydrogen-bond acceptors (Lipinski definition) is 2. The standard InChI is InChI=1S/C51H36N2.C27H20BrN.C24H17N/c1-51(2)47-22-12-10-20-42(47)43-28-25-35(31-48(43)51)53-49-23-13-11-21-44(49)45-29-26-36(32-50(45)53)52(33-14-4-3-5-15-33)34-24-27-41-39-18-7-6-16-37(39)38-17-8-9-19-40(38)46(41)30-34;1-27(2)23-9-5-3-7-19(23)20-14-12-18(16-24(20)27)29-25-10-6-4-8-21(25)22-13-11-17(28)15-26(22)29;1-2-8-17(9-3-1)25-18-14-15-23-21-12-5-4-10-19(21)20-11-6-7-13-22(20)24(23)16-18/h3-32H,1-2H3;3-16H,1-2H3;1-16,25H. The van der Waals surface area contributed by atoms with Gasteiger partial charge >= 0.3 is 0 Å². The molecule has 0 radical (unpaired) electrons. The van der Waals surface area contributed by atoms with Crippen LogP contribution in [0.1, 0.15) is 49.9 Å². The number of para-hydroxylation sites is 4. The molecule has 0 amide bonds. The second kappa shape index (κ2) is 25.2. The molecule has 0 spiro atoms. The average Bonchev–Trinajstić information content (AvgIpc) is 1.59. The van der Waals surface area contributed by atoms with Gasteiger partial charge in [-0.25, -0.2) is 0 Å². The van der Waals surface area contributed by atoms with Crippen molar-refractivity contribution in [2.75, 3.05) is 10.2 Å². The number of nitrogens with one attached hydrogen (secondary N) is 1. The molecule has 0 saturated carbocycles. The van der Waals surface area contributed by atoms with Gasteiger partial charge in [0, 0.05) is 76.7 Å². The van der Waals surface area contributed by atoms with Crippen molar-refractivity contribution < 1.29 is 0 Å². The van der Waals surface area contributed by atoms with Crippen LogP contribution in [0.4, 0.5) is 28.4 Å². The molecule has 107 heavy (non-hydrogen) atoms. The quantitative estimate of drug-likeness (QED) is 0.161. The fourth-order valence-electron chi connectivity index (χ4n) is 18.0. The van der Waals surface area contributed by atoms with Crippen LogP contribution in [0.15, 0.2) is 368 Å². The first-order valence-corrected chi connectivity index (χ1v) is 37.9. The van der Waals surface area contributed by atoms with E-state index < -0.39 is 0 Å². The van der Waals surface area contributed by atoms with Crippen molar-refractivity contribution in [1.29, 1.82) is 0 Å². The smallest absolute Gasteiger partial charge is 0.0561 e. The zero-order valence-electron chi connectivity index (χ0n) is 59.9. The Bertz CT molecular complexity index is 6930. The van der Waals surface area contributed by atoms with Crippen LogP contribution in [-0.2, 0) is 10.8 Å². The van der Waals surface area contributed by atoms with Gasteiger partial charge in [0.25, 0.3) is 0 Å². The van der Waals surface area contributed by atoms with E-state index in [-0.39, 0.29) is 10.8 Å². The molecule has 2 heterocycles. The summed E-state index contributed by atoms with van der Waals surface area (Å²) in [4.78, 5) is 2.41. The van der Waals surface area contributed by atoms with Crippen LogP contribution in [0.3, 0.4) is 0 Å². The van der Waals surface area contributed by atoms with E-state index in [2.05, 4.69) is 409 Å². The Balaban J connectivity index is 0.000000117. The van der Waals surface area contributed by atoms with Crippen LogP contribution in [0.2, 0.25) is 0 Å². The summed E-state index contributed by atoms with van der Waals surface area (Å²) in [5, 5.41) is 24.1. The predicted octanol–water partition coefficient (Wildman–Crippen LogP) is 28.8. The maximum Gasteiger partial charge on any atom is 0.0561 e. The molecule has 0 aliphatic heterocycles. The summed E-state index contributed by atoms with van der Waals surface area (Å²) in [6.45, 7) is 9.39. The van der Waals surface area contributed by atoms with Gasteiger partial charge in [0.1, 0.15) is 0 Å². The van der Waals surface area contributed by atoms with Gasteiger partial charge in [-0.1, -0.05) is 298 Å². The molecule has 18 aromatic carbocycles. The van der Waals surface area contributed by atoms with Crippen molar-refractivity contribution in [2.24, 2.45) is 0 Å². The number of rotatable bonds is 7. The lowest BCUT2D eigenvalue weighted by Crippen LogP contribution is -2.15. The molecule has 20 aromatic rings. The van der Waals surface area contributed by atoms with Crippen LogP contribution in [0.5, 0.6) is 0 Å². The SMILES string of the molecule is CC1(C)c2ccccc2-c2ccc(-n3c4ccccc4c4ccc(Br)cc43)cc21.CC1(C)c2ccccc2-c2ccc(-n3c4ccccc4c4ccc(N(c5ccccc5)c5ccc6c7ccccc7c7ccccc7c6c5)cc43)cc21.c1ccc(Nc2ccc3c4ccccc4c4ccccc4c3c2)cc1. The van der Waals surface area contributed by atoms with Crippen LogP contribution in [0.25, 0.3) is 142 Å². The number of anilines is 5. The molecule has 0 bridgehead atoms. The molecule has 2 aliphatic rings. The number of benzene rings is 18. The molecule has 0 unspecified atom stereocenters. The first kappa shape index (κ1) is 63.9. The molecule has 22 rings (SSSR count). The molecule has 0 fully saturated rings. The number of hydrogen-bond donors (Lipinski definition) is 1. The highest BCUT2D eigenvalue weighted by molar-refractivity contribution is 9.10. The van der Waals surface area contributed by atoms with Gasteiger partial charge in [-0.3, -0.25) is 0 Å². The number of aromatic nitrogens is 2. The van der Waals surface area contributed by atoms with Crippen LogP contribution >= 0.6 is 15.9 Å². The fraction of sp³-hybridized carbons (Fsp3) is 0.0588. The van der Waals surface area contributed by atoms with E-state index in [1.807, 2.05) is 18.2 Å². The van der Waals surface area contributed by atoms with Crippen molar-refractivity contribution in [3.05, 3.63) is 391 Å². The van der Waals surface area contributed by atoms with Gasteiger partial charge in [-0.05, 0) is 218 Å². The highest BCUT2D eigenvalue weighted by Gasteiger charge is 2.37. The van der Waals surface area contributed by atoms with Crippen molar-refractivity contribution in [1.82, 2.24) is 9.13 Å². The maximum atomic E-state index is 3.67. The van der Waals surface area contributed by atoms with E-state index in [0.717, 1.165) is 32.9 Å². The first-order valence-electron chi connectivity index (χ1n) is 37.1. The average molecular weight is 1430 g/mol. The second-order valence-corrected chi connectivity index (χ2v) is 30.6. The lowest BCUT2D eigenvalue weighted by molar-refractivity contribution is 0.660. The van der Waals surface area contributed by atoms with E-state index in [4.69, 9.17) is 0 Å². The van der Waals surface area contributed by atoms with Crippen LogP contribution in [-0.4, -0.2) is 9.13 Å². The highest BCUT2D eigenvalue weighted by Crippen LogP contribution is 2.52. The van der Waals surface area contributed by atoms with E-state index in [9.17, 15) is 0 Å². The summed E-state index contributed by atoms with van der Waals surface area (Å²) in [6, 6.07) is 132. The van der Waals surface area contributed by atoms with Gasteiger partial charge in [-0.2, -0.15) is 0 Å². The number of fused-ring (bicyclic) bond motifs is 24. The Labute approximate surface area is 630 Å². The predicted molar refractivity (Wildman–Crippen MR) is 460 cm³/mol. The summed E-state index contributed by atoms with van der Waals surface area (Å²) in [7, 11) is 0. The number of halogens is 1. The fourth-order valence-corrected chi connectivity index (χ4v) is 18.3. The molecule has 1 N–H and O–H groups in total. The van der Waals surface area contributed by atoms with Gasteiger partial charge in [0.15, 0.2) is 0 Å². The maximum absolute atomic E-state index is 3.67. The Kier molecular flexibility index (Phi) is 15.1. The minimum absolute atomic E-state index is 0.00127. The first-order chi connectivity index (χ1) is 52.5. The molecule has 0 atom stereocenters. The monoisotopic (exact) mass is 1430 g/mol. The zero-order chi connectivity index (χ0) is 71.7. The minimum Gasteiger partial charge on any atom is -0.356 e. The largest absolute Gasteiger partial charge is 0.356 e. The third-order valence-electron chi connectivity index (χ3n) is 23.0.